The minimum Gasteiger partial charge on any atom is -0.340 e. The van der Waals surface area contributed by atoms with Crippen molar-refractivity contribution >= 4 is 5.82 Å². The van der Waals surface area contributed by atoms with Crippen LogP contribution in [-0.2, 0) is 13.7 Å². The molecule has 6 nitrogen and oxygen atoms in total. The molecule has 0 amide bonds. The lowest BCUT2D eigenvalue weighted by Gasteiger charge is -2.25. The SMILES string of the molecule is Cc1nnc2n1CN(C)c1ncn(C)c1-2. The molecule has 2 aromatic rings. The Labute approximate surface area is 87.2 Å². The summed E-state index contributed by atoms with van der Waals surface area (Å²) >= 11 is 0. The van der Waals surface area contributed by atoms with Gasteiger partial charge in [0.15, 0.2) is 11.6 Å². The van der Waals surface area contributed by atoms with Crippen molar-refractivity contribution in [3.8, 4) is 11.5 Å². The van der Waals surface area contributed by atoms with Crippen molar-refractivity contribution in [1.82, 2.24) is 24.3 Å². The number of nitrogens with zero attached hydrogens (tertiary/aromatic N) is 6. The van der Waals surface area contributed by atoms with Crippen LogP contribution in [0.3, 0.4) is 0 Å². The topological polar surface area (TPSA) is 51.8 Å². The maximum atomic E-state index is 4.35. The summed E-state index contributed by atoms with van der Waals surface area (Å²) in [5.41, 5.74) is 1.03. The van der Waals surface area contributed by atoms with Crippen LogP contribution in [-0.4, -0.2) is 31.4 Å². The number of hydrogen-bond donors (Lipinski definition) is 0. The molecule has 3 heterocycles. The number of aryl methyl sites for hydroxylation is 2. The van der Waals surface area contributed by atoms with Gasteiger partial charge in [-0.15, -0.1) is 10.2 Å². The summed E-state index contributed by atoms with van der Waals surface area (Å²) in [4.78, 5) is 6.45. The van der Waals surface area contributed by atoms with Gasteiger partial charge in [-0.25, -0.2) is 4.98 Å². The Balaban J connectivity index is 2.33. The Bertz CT molecular complexity index is 523. The molecule has 15 heavy (non-hydrogen) atoms. The fourth-order valence-electron chi connectivity index (χ4n) is 1.96. The smallest absolute Gasteiger partial charge is 0.186 e. The summed E-state index contributed by atoms with van der Waals surface area (Å²) in [6.07, 6.45) is 1.81. The molecule has 0 aliphatic carbocycles. The van der Waals surface area contributed by atoms with Crippen molar-refractivity contribution in [2.24, 2.45) is 7.05 Å². The summed E-state index contributed by atoms with van der Waals surface area (Å²) < 4.78 is 4.06. The first-order valence-electron chi connectivity index (χ1n) is 4.81. The maximum Gasteiger partial charge on any atom is 0.186 e. The van der Waals surface area contributed by atoms with E-state index in [1.165, 1.54) is 0 Å². The molecule has 0 fully saturated rings. The molecule has 2 aromatic heterocycles. The van der Waals surface area contributed by atoms with Gasteiger partial charge in [0.25, 0.3) is 0 Å². The van der Waals surface area contributed by atoms with Crippen LogP contribution in [0.15, 0.2) is 6.33 Å². The predicted molar refractivity (Wildman–Crippen MR) is 55.4 cm³/mol. The average molecular weight is 204 g/mol. The summed E-state index contributed by atoms with van der Waals surface area (Å²) in [6, 6.07) is 0. The molecule has 1 aliphatic heterocycles. The molecule has 78 valence electrons. The highest BCUT2D eigenvalue weighted by atomic mass is 15.4. The Kier molecular flexibility index (Phi) is 1.46. The van der Waals surface area contributed by atoms with Crippen molar-refractivity contribution in [3.63, 3.8) is 0 Å². The molecule has 0 atom stereocenters. The Hall–Kier alpha value is -1.85. The Morgan fingerprint density at radius 1 is 1.27 bits per heavy atom. The van der Waals surface area contributed by atoms with Crippen LogP contribution in [0.4, 0.5) is 5.82 Å². The minimum absolute atomic E-state index is 0.762. The van der Waals surface area contributed by atoms with Gasteiger partial charge in [0.1, 0.15) is 11.5 Å². The number of fused-ring (bicyclic) bond motifs is 3. The van der Waals surface area contributed by atoms with Crippen molar-refractivity contribution < 1.29 is 0 Å². The lowest BCUT2D eigenvalue weighted by atomic mass is 10.3. The van der Waals surface area contributed by atoms with E-state index in [-0.39, 0.29) is 0 Å². The molecule has 0 spiro atoms. The Morgan fingerprint density at radius 2 is 2.07 bits per heavy atom. The fraction of sp³-hybridized carbons (Fsp3) is 0.444. The molecular formula is C9H12N6. The largest absolute Gasteiger partial charge is 0.340 e. The third-order valence-corrected chi connectivity index (χ3v) is 2.78. The first-order valence-corrected chi connectivity index (χ1v) is 4.81. The van der Waals surface area contributed by atoms with Gasteiger partial charge in [-0.2, -0.15) is 0 Å². The molecule has 0 saturated heterocycles. The zero-order valence-electron chi connectivity index (χ0n) is 8.97. The molecule has 0 N–H and O–H groups in total. The lowest BCUT2D eigenvalue weighted by Crippen LogP contribution is -2.27. The molecule has 0 saturated carbocycles. The van der Waals surface area contributed by atoms with E-state index in [0.29, 0.717) is 0 Å². The highest BCUT2D eigenvalue weighted by molar-refractivity contribution is 5.69. The van der Waals surface area contributed by atoms with Crippen LogP contribution < -0.4 is 4.90 Å². The van der Waals surface area contributed by atoms with E-state index in [9.17, 15) is 0 Å². The van der Waals surface area contributed by atoms with E-state index >= 15 is 0 Å². The number of hydrogen-bond acceptors (Lipinski definition) is 4. The van der Waals surface area contributed by atoms with Gasteiger partial charge >= 0.3 is 0 Å². The summed E-state index contributed by atoms with van der Waals surface area (Å²) in [6.45, 7) is 2.73. The van der Waals surface area contributed by atoms with E-state index in [4.69, 9.17) is 0 Å². The summed E-state index contributed by atoms with van der Waals surface area (Å²) in [5, 5.41) is 8.29. The van der Waals surface area contributed by atoms with Gasteiger partial charge in [-0.05, 0) is 6.92 Å². The van der Waals surface area contributed by atoms with Crippen LogP contribution >= 0.6 is 0 Å². The van der Waals surface area contributed by atoms with Gasteiger partial charge in [0, 0.05) is 14.1 Å². The fourth-order valence-corrected chi connectivity index (χ4v) is 1.96. The van der Waals surface area contributed by atoms with Crippen molar-refractivity contribution in [3.05, 3.63) is 12.2 Å². The second-order valence-electron chi connectivity index (χ2n) is 3.87. The predicted octanol–water partition coefficient (Wildman–Crippen LogP) is 0.394. The summed E-state index contributed by atoms with van der Waals surface area (Å²) in [7, 11) is 3.99. The monoisotopic (exact) mass is 204 g/mol. The van der Waals surface area contributed by atoms with Crippen LogP contribution in [0.5, 0.6) is 0 Å². The second kappa shape index (κ2) is 2.59. The number of rotatable bonds is 0. The highest BCUT2D eigenvalue weighted by Gasteiger charge is 2.26. The van der Waals surface area contributed by atoms with Gasteiger partial charge in [-0.3, -0.25) is 4.57 Å². The van der Waals surface area contributed by atoms with Crippen LogP contribution in [0.25, 0.3) is 11.5 Å². The maximum absolute atomic E-state index is 4.35. The highest BCUT2D eigenvalue weighted by Crippen LogP contribution is 2.32. The molecule has 0 unspecified atom stereocenters. The molecule has 0 aromatic carbocycles. The van der Waals surface area contributed by atoms with Crippen LogP contribution in [0, 0.1) is 6.92 Å². The van der Waals surface area contributed by atoms with Gasteiger partial charge < -0.3 is 9.47 Å². The molecule has 6 heteroatoms. The first-order chi connectivity index (χ1) is 7.18. The third-order valence-electron chi connectivity index (χ3n) is 2.78. The van der Waals surface area contributed by atoms with E-state index in [0.717, 1.165) is 29.8 Å². The van der Waals surface area contributed by atoms with Gasteiger partial charge in [-0.1, -0.05) is 0 Å². The molecule has 1 aliphatic rings. The summed E-state index contributed by atoms with van der Waals surface area (Å²) in [5.74, 6) is 2.81. The zero-order chi connectivity index (χ0) is 10.6. The normalized spacial score (nSPS) is 13.9. The van der Waals surface area contributed by atoms with Gasteiger partial charge in [0.2, 0.25) is 0 Å². The standard InChI is InChI=1S/C9H12N6/c1-6-11-12-9-7-8(10-4-13(7)2)14(3)5-15(6)9/h4H,5H2,1-3H3. The molecular weight excluding hydrogens is 192 g/mol. The van der Waals surface area contributed by atoms with E-state index in [2.05, 4.69) is 24.6 Å². The number of aromatic nitrogens is 5. The quantitative estimate of drug-likeness (QED) is 0.623. The molecule has 0 bridgehead atoms. The second-order valence-corrected chi connectivity index (χ2v) is 3.87. The number of imidazole rings is 1. The van der Waals surface area contributed by atoms with Crippen LogP contribution in [0.1, 0.15) is 5.82 Å². The van der Waals surface area contributed by atoms with Crippen molar-refractivity contribution in [2.75, 3.05) is 11.9 Å². The minimum atomic E-state index is 0.762. The van der Waals surface area contributed by atoms with E-state index in [1.54, 1.807) is 6.33 Å². The van der Waals surface area contributed by atoms with E-state index in [1.807, 2.05) is 25.6 Å². The zero-order valence-corrected chi connectivity index (χ0v) is 8.97. The molecule has 3 rings (SSSR count). The van der Waals surface area contributed by atoms with Crippen LogP contribution in [0.2, 0.25) is 0 Å². The van der Waals surface area contributed by atoms with E-state index < -0.39 is 0 Å². The average Bonchev–Trinajstić information content (AvgIpc) is 2.73. The first kappa shape index (κ1) is 8.46. The number of anilines is 1. The third kappa shape index (κ3) is 0.958. The van der Waals surface area contributed by atoms with Gasteiger partial charge in [0.05, 0.1) is 13.0 Å². The Morgan fingerprint density at radius 3 is 2.87 bits per heavy atom. The van der Waals surface area contributed by atoms with Crippen molar-refractivity contribution in [1.29, 1.82) is 0 Å². The lowest BCUT2D eigenvalue weighted by molar-refractivity contribution is 0.645. The molecule has 0 radical (unpaired) electrons. The van der Waals surface area contributed by atoms with Crippen molar-refractivity contribution in [2.45, 2.75) is 13.6 Å².